The Hall–Kier alpha value is -2.48. The summed E-state index contributed by atoms with van der Waals surface area (Å²) >= 11 is 0. The van der Waals surface area contributed by atoms with E-state index in [9.17, 15) is 9.59 Å². The summed E-state index contributed by atoms with van der Waals surface area (Å²) < 4.78 is 15.8. The summed E-state index contributed by atoms with van der Waals surface area (Å²) in [5.41, 5.74) is 11.4. The van der Waals surface area contributed by atoms with Crippen molar-refractivity contribution in [2.24, 2.45) is 17.4 Å². The van der Waals surface area contributed by atoms with Crippen LogP contribution in [0.4, 0.5) is 0 Å². The lowest BCUT2D eigenvalue weighted by Crippen LogP contribution is -2.38. The van der Waals surface area contributed by atoms with E-state index in [2.05, 4.69) is 5.32 Å². The molecule has 0 heterocycles. The maximum Gasteiger partial charge on any atom is 0.255 e. The van der Waals surface area contributed by atoms with Gasteiger partial charge in [0, 0.05) is 18.2 Å². The topological polar surface area (TPSA) is 126 Å². The number of nitrogens with one attached hydrogen (secondary N) is 1. The number of hydrogen-bond donors (Lipinski definition) is 3. The molecule has 1 saturated carbocycles. The monoisotopic (exact) mass is 337 g/mol. The van der Waals surface area contributed by atoms with E-state index < -0.39 is 5.91 Å². The van der Waals surface area contributed by atoms with Gasteiger partial charge >= 0.3 is 0 Å². The molecule has 0 bridgehead atoms. The molecule has 2 amide bonds. The number of benzene rings is 1. The van der Waals surface area contributed by atoms with Crippen LogP contribution in [0.3, 0.4) is 0 Å². The molecule has 1 atom stereocenters. The molecule has 0 aliphatic heterocycles. The largest absolute Gasteiger partial charge is 0.493 e. The van der Waals surface area contributed by atoms with Crippen LogP contribution in [-0.2, 0) is 4.79 Å². The number of nitrogens with two attached hydrogens (primary N) is 2. The Balaban J connectivity index is 2.14. The molecule has 0 saturated heterocycles. The first-order valence-corrected chi connectivity index (χ1v) is 7.67. The Morgan fingerprint density at radius 3 is 2.29 bits per heavy atom. The third-order valence-electron chi connectivity index (χ3n) is 3.81. The van der Waals surface area contributed by atoms with Crippen LogP contribution in [0.15, 0.2) is 12.1 Å². The number of amides is 2. The molecule has 0 spiro atoms. The highest BCUT2D eigenvalue weighted by atomic mass is 16.5. The molecule has 0 radical (unpaired) electrons. The zero-order valence-corrected chi connectivity index (χ0v) is 13.8. The van der Waals surface area contributed by atoms with Gasteiger partial charge in [-0.3, -0.25) is 9.59 Å². The Bertz CT molecular complexity index is 591. The highest BCUT2D eigenvalue weighted by molar-refractivity contribution is 5.95. The van der Waals surface area contributed by atoms with Crippen LogP contribution in [0.1, 0.15) is 23.2 Å². The van der Waals surface area contributed by atoms with Gasteiger partial charge in [0.2, 0.25) is 5.75 Å². The van der Waals surface area contributed by atoms with E-state index >= 15 is 0 Å². The minimum atomic E-state index is -0.630. The van der Waals surface area contributed by atoms with E-state index in [0.29, 0.717) is 18.0 Å². The molecule has 1 unspecified atom stereocenters. The number of carbonyl (C=O) groups excluding carboxylic acids is 2. The van der Waals surface area contributed by atoms with Crippen LogP contribution < -0.4 is 31.0 Å². The molecule has 8 nitrogen and oxygen atoms in total. The smallest absolute Gasteiger partial charge is 0.255 e. The van der Waals surface area contributed by atoms with E-state index in [4.69, 9.17) is 25.7 Å². The van der Waals surface area contributed by atoms with Crippen LogP contribution in [-0.4, -0.2) is 45.2 Å². The second-order valence-electron chi connectivity index (χ2n) is 5.68. The maximum atomic E-state index is 12.3. The number of hydrogen-bond acceptors (Lipinski definition) is 6. The van der Waals surface area contributed by atoms with Crippen molar-refractivity contribution in [2.45, 2.75) is 18.9 Å². The Morgan fingerprint density at radius 1 is 1.25 bits per heavy atom. The summed E-state index contributed by atoms with van der Waals surface area (Å²) in [6.45, 7) is 0.0859. The number of methoxy groups -OCH3 is 2. The van der Waals surface area contributed by atoms with Gasteiger partial charge in [-0.1, -0.05) is 0 Å². The molecule has 8 heteroatoms. The van der Waals surface area contributed by atoms with E-state index in [1.54, 1.807) is 0 Å². The van der Waals surface area contributed by atoms with Crippen LogP contribution in [0, 0.1) is 5.92 Å². The van der Waals surface area contributed by atoms with Gasteiger partial charge in [-0.25, -0.2) is 0 Å². The Morgan fingerprint density at radius 2 is 1.83 bits per heavy atom. The lowest BCUT2D eigenvalue weighted by atomic mass is 10.1. The van der Waals surface area contributed by atoms with Crippen molar-refractivity contribution in [1.29, 1.82) is 0 Å². The fourth-order valence-electron chi connectivity index (χ4n) is 2.30. The summed E-state index contributed by atoms with van der Waals surface area (Å²) in [6.07, 6.45) is 2.23. The number of primary amides is 1. The molecule has 1 aromatic carbocycles. The van der Waals surface area contributed by atoms with Crippen molar-refractivity contribution in [2.75, 3.05) is 27.4 Å². The van der Waals surface area contributed by atoms with Gasteiger partial charge in [0.15, 0.2) is 18.1 Å². The summed E-state index contributed by atoms with van der Waals surface area (Å²) in [5.74, 6) is 0.336. The predicted molar refractivity (Wildman–Crippen MR) is 87.3 cm³/mol. The molecule has 1 aliphatic rings. The summed E-state index contributed by atoms with van der Waals surface area (Å²) in [4.78, 5) is 23.2. The van der Waals surface area contributed by atoms with Gasteiger partial charge in [0.25, 0.3) is 11.8 Å². The minimum Gasteiger partial charge on any atom is -0.493 e. The van der Waals surface area contributed by atoms with E-state index in [0.717, 1.165) is 12.8 Å². The summed E-state index contributed by atoms with van der Waals surface area (Å²) in [6, 6.07) is 2.99. The molecular formula is C16H23N3O5. The fraction of sp³-hybridized carbons (Fsp3) is 0.500. The SMILES string of the molecule is COc1cc(C(=O)NCC(N)C2CC2)cc(OC)c1OCC(N)=O. The molecule has 2 rings (SSSR count). The van der Waals surface area contributed by atoms with E-state index in [1.807, 2.05) is 0 Å². The highest BCUT2D eigenvalue weighted by Crippen LogP contribution is 2.38. The quantitative estimate of drug-likeness (QED) is 0.584. The van der Waals surface area contributed by atoms with Crippen LogP contribution in [0.5, 0.6) is 17.2 Å². The molecular weight excluding hydrogens is 314 g/mol. The van der Waals surface area contributed by atoms with E-state index in [-0.39, 0.29) is 35.8 Å². The normalized spacial score (nSPS) is 14.6. The van der Waals surface area contributed by atoms with Crippen molar-refractivity contribution >= 4 is 11.8 Å². The van der Waals surface area contributed by atoms with Gasteiger partial charge in [0.1, 0.15) is 0 Å². The molecule has 1 fully saturated rings. The lowest BCUT2D eigenvalue weighted by Gasteiger charge is -2.16. The third kappa shape index (κ3) is 4.51. The lowest BCUT2D eigenvalue weighted by molar-refractivity contribution is -0.120. The zero-order chi connectivity index (χ0) is 17.7. The van der Waals surface area contributed by atoms with Gasteiger partial charge in [-0.15, -0.1) is 0 Å². The van der Waals surface area contributed by atoms with Crippen molar-refractivity contribution < 1.29 is 23.8 Å². The summed E-state index contributed by atoms with van der Waals surface area (Å²) in [5, 5.41) is 2.80. The second kappa shape index (κ2) is 7.87. The first-order valence-electron chi connectivity index (χ1n) is 7.67. The first-order chi connectivity index (χ1) is 11.5. The standard InChI is InChI=1S/C16H23N3O5/c1-22-12-5-10(16(21)19-7-11(17)9-3-4-9)6-13(23-2)15(12)24-8-14(18)20/h5-6,9,11H,3-4,7-8,17H2,1-2H3,(H2,18,20)(H,19,21). The van der Waals surface area contributed by atoms with Gasteiger partial charge < -0.3 is 31.0 Å². The van der Waals surface area contributed by atoms with Crippen LogP contribution in [0.25, 0.3) is 0 Å². The van der Waals surface area contributed by atoms with Gasteiger partial charge in [-0.05, 0) is 30.9 Å². The Kier molecular flexibility index (Phi) is 5.86. The second-order valence-corrected chi connectivity index (χ2v) is 5.68. The number of ether oxygens (including phenoxy) is 3. The molecule has 24 heavy (non-hydrogen) atoms. The molecule has 132 valence electrons. The van der Waals surface area contributed by atoms with Crippen molar-refractivity contribution in [1.82, 2.24) is 5.32 Å². The predicted octanol–water partition coefficient (Wildman–Crippen LogP) is 0.0350. The third-order valence-corrected chi connectivity index (χ3v) is 3.81. The van der Waals surface area contributed by atoms with Crippen LogP contribution >= 0.6 is 0 Å². The Labute approximate surface area is 140 Å². The maximum absolute atomic E-state index is 12.3. The van der Waals surface area contributed by atoms with Crippen LogP contribution in [0.2, 0.25) is 0 Å². The average Bonchev–Trinajstić information content (AvgIpc) is 3.41. The number of carbonyl (C=O) groups is 2. The number of rotatable bonds is 9. The molecule has 5 N–H and O–H groups in total. The fourth-order valence-corrected chi connectivity index (χ4v) is 2.30. The molecule has 1 aromatic rings. The van der Waals surface area contributed by atoms with Crippen molar-refractivity contribution in [3.05, 3.63) is 17.7 Å². The van der Waals surface area contributed by atoms with Crippen molar-refractivity contribution in [3.63, 3.8) is 0 Å². The minimum absolute atomic E-state index is 0.0316. The first kappa shape index (κ1) is 17.9. The van der Waals surface area contributed by atoms with Crippen molar-refractivity contribution in [3.8, 4) is 17.2 Å². The highest BCUT2D eigenvalue weighted by Gasteiger charge is 2.28. The molecule has 1 aliphatic carbocycles. The van der Waals surface area contributed by atoms with Gasteiger partial charge in [-0.2, -0.15) is 0 Å². The zero-order valence-electron chi connectivity index (χ0n) is 13.8. The average molecular weight is 337 g/mol. The van der Waals surface area contributed by atoms with Gasteiger partial charge in [0.05, 0.1) is 14.2 Å². The summed E-state index contributed by atoms with van der Waals surface area (Å²) in [7, 11) is 2.85. The van der Waals surface area contributed by atoms with E-state index in [1.165, 1.54) is 26.4 Å². The molecule has 0 aromatic heterocycles.